The van der Waals surface area contributed by atoms with Gasteiger partial charge in [0.1, 0.15) is 0 Å². The number of benzene rings is 3. The highest BCUT2D eigenvalue weighted by molar-refractivity contribution is 5.94. The summed E-state index contributed by atoms with van der Waals surface area (Å²) in [6.07, 6.45) is 0.677. The lowest BCUT2D eigenvalue weighted by Crippen LogP contribution is -2.32. The molecule has 35 heavy (non-hydrogen) atoms. The van der Waals surface area contributed by atoms with Gasteiger partial charge in [-0.15, -0.1) is 0 Å². The molecule has 6 nitrogen and oxygen atoms in total. The van der Waals surface area contributed by atoms with Crippen molar-refractivity contribution >= 4 is 5.91 Å². The second kappa shape index (κ2) is 10.3. The van der Waals surface area contributed by atoms with Gasteiger partial charge in [-0.2, -0.15) is 0 Å². The van der Waals surface area contributed by atoms with Crippen LogP contribution in [0.15, 0.2) is 60.7 Å². The highest BCUT2D eigenvalue weighted by Gasteiger charge is 2.20. The molecule has 0 fully saturated rings. The van der Waals surface area contributed by atoms with Crippen molar-refractivity contribution in [3.8, 4) is 23.0 Å². The van der Waals surface area contributed by atoms with Crippen LogP contribution in [0.3, 0.4) is 0 Å². The zero-order valence-corrected chi connectivity index (χ0v) is 21.1. The van der Waals surface area contributed by atoms with Gasteiger partial charge in [0.05, 0.1) is 14.2 Å². The first-order chi connectivity index (χ1) is 16.8. The number of hydrogen-bond donors (Lipinski definition) is 0. The van der Waals surface area contributed by atoms with Crippen molar-refractivity contribution in [3.05, 3.63) is 82.9 Å². The van der Waals surface area contributed by atoms with Crippen molar-refractivity contribution in [2.75, 3.05) is 27.6 Å². The molecule has 3 aromatic carbocycles. The second-order valence-electron chi connectivity index (χ2n) is 9.68. The van der Waals surface area contributed by atoms with E-state index in [9.17, 15) is 4.79 Å². The molecule has 4 rings (SSSR count). The first kappa shape index (κ1) is 24.5. The van der Waals surface area contributed by atoms with Crippen LogP contribution in [0.1, 0.15) is 47.8 Å². The number of nitrogens with zero attached hydrogens (tertiary/aromatic N) is 1. The maximum Gasteiger partial charge on any atom is 0.254 e. The molecule has 1 heterocycles. The molecule has 0 aliphatic carbocycles. The van der Waals surface area contributed by atoms with Gasteiger partial charge in [-0.1, -0.05) is 45.0 Å². The van der Waals surface area contributed by atoms with Gasteiger partial charge in [0, 0.05) is 18.7 Å². The SMILES string of the molecule is COc1ccc(CCN(Cc2ccc3c(c2)OCO3)C(=O)c2ccc(C(C)(C)C)cc2)cc1OC. The maximum atomic E-state index is 13.6. The number of hydrogen-bond acceptors (Lipinski definition) is 5. The van der Waals surface area contributed by atoms with E-state index >= 15 is 0 Å². The highest BCUT2D eigenvalue weighted by atomic mass is 16.7. The van der Waals surface area contributed by atoms with Crippen molar-refractivity contribution < 1.29 is 23.7 Å². The van der Waals surface area contributed by atoms with E-state index in [0.717, 1.165) is 16.9 Å². The van der Waals surface area contributed by atoms with E-state index in [-0.39, 0.29) is 18.1 Å². The fraction of sp³-hybridized carbons (Fsp3) is 0.345. The molecule has 184 valence electrons. The van der Waals surface area contributed by atoms with Crippen molar-refractivity contribution in [1.82, 2.24) is 4.90 Å². The van der Waals surface area contributed by atoms with Crippen molar-refractivity contribution in [2.45, 2.75) is 39.2 Å². The van der Waals surface area contributed by atoms with Crippen LogP contribution in [-0.4, -0.2) is 38.4 Å². The summed E-state index contributed by atoms with van der Waals surface area (Å²) in [7, 11) is 3.24. The van der Waals surface area contributed by atoms with Crippen LogP contribution in [0.4, 0.5) is 0 Å². The standard InChI is InChI=1S/C29H33NO5/c1-29(2,3)23-10-8-22(9-11-23)28(31)30(18-21-7-13-25-27(17-21)35-19-34-25)15-14-20-6-12-24(32-4)26(16-20)33-5/h6-13,16-17H,14-15,18-19H2,1-5H3. The van der Waals surface area contributed by atoms with E-state index < -0.39 is 0 Å². The molecule has 0 unspecified atom stereocenters. The van der Waals surface area contributed by atoms with Gasteiger partial charge in [0.25, 0.3) is 5.91 Å². The largest absolute Gasteiger partial charge is 0.493 e. The summed E-state index contributed by atoms with van der Waals surface area (Å²) in [6, 6.07) is 19.6. The molecule has 0 saturated carbocycles. The number of ether oxygens (including phenoxy) is 4. The lowest BCUT2D eigenvalue weighted by atomic mass is 9.86. The van der Waals surface area contributed by atoms with E-state index in [1.165, 1.54) is 5.56 Å². The minimum atomic E-state index is -0.0106. The number of rotatable bonds is 8. The second-order valence-corrected chi connectivity index (χ2v) is 9.68. The highest BCUT2D eigenvalue weighted by Crippen LogP contribution is 2.33. The molecule has 0 bridgehead atoms. The smallest absolute Gasteiger partial charge is 0.254 e. The predicted octanol–water partition coefficient (Wildman–Crippen LogP) is 5.62. The first-order valence-corrected chi connectivity index (χ1v) is 11.8. The topological polar surface area (TPSA) is 57.2 Å². The third-order valence-electron chi connectivity index (χ3n) is 6.21. The lowest BCUT2D eigenvalue weighted by molar-refractivity contribution is 0.0745. The van der Waals surface area contributed by atoms with Gasteiger partial charge >= 0.3 is 0 Å². The van der Waals surface area contributed by atoms with Crippen LogP contribution in [0.25, 0.3) is 0 Å². The van der Waals surface area contributed by atoms with Gasteiger partial charge in [0.15, 0.2) is 23.0 Å². The van der Waals surface area contributed by atoms with Crippen LogP contribution >= 0.6 is 0 Å². The molecule has 0 aromatic heterocycles. The average molecular weight is 476 g/mol. The molecule has 6 heteroatoms. The number of amides is 1. The summed E-state index contributed by atoms with van der Waals surface area (Å²) in [5, 5.41) is 0. The summed E-state index contributed by atoms with van der Waals surface area (Å²) in [6.45, 7) is 7.73. The molecular formula is C29H33NO5. The fourth-order valence-corrected chi connectivity index (χ4v) is 4.11. The fourth-order valence-electron chi connectivity index (χ4n) is 4.11. The van der Waals surface area contributed by atoms with Crippen LogP contribution in [-0.2, 0) is 18.4 Å². The summed E-state index contributed by atoms with van der Waals surface area (Å²) in [5.74, 6) is 2.79. The summed E-state index contributed by atoms with van der Waals surface area (Å²) >= 11 is 0. The van der Waals surface area contributed by atoms with Crippen molar-refractivity contribution in [3.63, 3.8) is 0 Å². The number of carbonyl (C=O) groups excluding carboxylic acids is 1. The Morgan fingerprint density at radius 1 is 0.857 bits per heavy atom. The van der Waals surface area contributed by atoms with Gasteiger partial charge in [0.2, 0.25) is 6.79 Å². The first-order valence-electron chi connectivity index (χ1n) is 11.8. The van der Waals surface area contributed by atoms with Gasteiger partial charge in [-0.05, 0) is 64.9 Å². The van der Waals surface area contributed by atoms with Crippen molar-refractivity contribution in [2.24, 2.45) is 0 Å². The Bertz CT molecular complexity index is 1180. The molecule has 1 amide bonds. The van der Waals surface area contributed by atoms with E-state index in [1.807, 2.05) is 65.6 Å². The minimum Gasteiger partial charge on any atom is -0.493 e. The quantitative estimate of drug-likeness (QED) is 0.424. The third kappa shape index (κ3) is 5.70. The normalized spacial score (nSPS) is 12.4. The van der Waals surface area contributed by atoms with E-state index in [2.05, 4.69) is 20.8 Å². The number of methoxy groups -OCH3 is 2. The molecule has 1 aliphatic heterocycles. The molecule has 0 saturated heterocycles. The Labute approximate surface area is 207 Å². The Kier molecular flexibility index (Phi) is 7.20. The van der Waals surface area contributed by atoms with Crippen LogP contribution in [0.2, 0.25) is 0 Å². The molecule has 0 N–H and O–H groups in total. The summed E-state index contributed by atoms with van der Waals surface area (Å²) in [5.41, 5.74) is 3.95. The van der Waals surface area contributed by atoms with Crippen LogP contribution in [0, 0.1) is 0 Å². The third-order valence-corrected chi connectivity index (χ3v) is 6.21. The summed E-state index contributed by atoms with van der Waals surface area (Å²) < 4.78 is 21.8. The van der Waals surface area contributed by atoms with E-state index in [0.29, 0.717) is 42.3 Å². The predicted molar refractivity (Wildman–Crippen MR) is 136 cm³/mol. The van der Waals surface area contributed by atoms with Gasteiger partial charge < -0.3 is 23.8 Å². The Balaban J connectivity index is 1.57. The lowest BCUT2D eigenvalue weighted by Gasteiger charge is -2.24. The van der Waals surface area contributed by atoms with Crippen LogP contribution < -0.4 is 18.9 Å². The summed E-state index contributed by atoms with van der Waals surface area (Å²) in [4.78, 5) is 15.5. The zero-order chi connectivity index (χ0) is 25.0. The van der Waals surface area contributed by atoms with Gasteiger partial charge in [-0.3, -0.25) is 4.79 Å². The minimum absolute atomic E-state index is 0.0106. The Morgan fingerprint density at radius 2 is 1.54 bits per heavy atom. The number of carbonyl (C=O) groups is 1. The molecular weight excluding hydrogens is 442 g/mol. The Hall–Kier alpha value is -3.67. The molecule has 0 spiro atoms. The average Bonchev–Trinajstić information content (AvgIpc) is 3.33. The Morgan fingerprint density at radius 3 is 2.23 bits per heavy atom. The molecule has 3 aromatic rings. The van der Waals surface area contributed by atoms with E-state index in [4.69, 9.17) is 18.9 Å². The molecule has 0 atom stereocenters. The van der Waals surface area contributed by atoms with E-state index in [1.54, 1.807) is 14.2 Å². The number of fused-ring (bicyclic) bond motifs is 1. The van der Waals surface area contributed by atoms with Crippen LogP contribution in [0.5, 0.6) is 23.0 Å². The van der Waals surface area contributed by atoms with Gasteiger partial charge in [-0.25, -0.2) is 0 Å². The monoisotopic (exact) mass is 475 g/mol. The van der Waals surface area contributed by atoms with Crippen molar-refractivity contribution in [1.29, 1.82) is 0 Å². The maximum absolute atomic E-state index is 13.6. The molecule has 1 aliphatic rings. The zero-order valence-electron chi connectivity index (χ0n) is 21.1. The molecule has 0 radical (unpaired) electrons.